The highest BCUT2D eigenvalue weighted by atomic mass is 19.1. The molecule has 0 fully saturated rings. The Morgan fingerprint density at radius 1 is 1.09 bits per heavy atom. The fourth-order valence-corrected chi connectivity index (χ4v) is 3.10. The minimum atomic E-state index is -0.246. The number of anilines is 1. The third-order valence-electron chi connectivity index (χ3n) is 4.22. The van der Waals surface area contributed by atoms with Gasteiger partial charge in [0.05, 0.1) is 11.4 Å². The Morgan fingerprint density at radius 2 is 1.87 bits per heavy atom. The van der Waals surface area contributed by atoms with E-state index in [1.54, 1.807) is 12.1 Å². The molecule has 4 rings (SSSR count). The molecule has 3 nitrogen and oxygen atoms in total. The van der Waals surface area contributed by atoms with Crippen molar-refractivity contribution in [2.45, 2.75) is 13.8 Å². The van der Waals surface area contributed by atoms with E-state index in [2.05, 4.69) is 18.7 Å². The number of fused-ring (bicyclic) bond motifs is 3. The summed E-state index contributed by atoms with van der Waals surface area (Å²) in [5, 5.41) is 0. The molecule has 2 aromatic rings. The van der Waals surface area contributed by atoms with Crippen molar-refractivity contribution in [2.24, 2.45) is 15.4 Å². The molecule has 0 unspecified atom stereocenters. The Bertz CT molecular complexity index is 822. The molecule has 116 valence electrons. The lowest BCUT2D eigenvalue weighted by Gasteiger charge is -2.41. The standard InChI is InChI=1S/C19H18FN3/c1-19(2)11-21-18-17(13-6-4-3-5-7-13)22-15-9-8-14(20)10-16(15)23(18)12-19/h3-10H,11-12H2,1-2H3. The molecular formula is C19H18FN3. The van der Waals surface area contributed by atoms with E-state index in [1.165, 1.54) is 6.07 Å². The fraction of sp³-hybridized carbons (Fsp3) is 0.263. The summed E-state index contributed by atoms with van der Waals surface area (Å²) in [5.41, 5.74) is 3.54. The van der Waals surface area contributed by atoms with Crippen LogP contribution in [0.3, 0.4) is 0 Å². The second-order valence-electron chi connectivity index (χ2n) is 6.85. The summed E-state index contributed by atoms with van der Waals surface area (Å²) in [4.78, 5) is 11.7. The van der Waals surface area contributed by atoms with E-state index >= 15 is 0 Å². The van der Waals surface area contributed by atoms with Crippen LogP contribution in [0.5, 0.6) is 0 Å². The maximum Gasteiger partial charge on any atom is 0.155 e. The van der Waals surface area contributed by atoms with Crippen LogP contribution in [0.1, 0.15) is 19.4 Å². The summed E-state index contributed by atoms with van der Waals surface area (Å²) in [6.45, 7) is 5.91. The van der Waals surface area contributed by atoms with Crippen molar-refractivity contribution in [3.8, 4) is 0 Å². The average molecular weight is 307 g/mol. The van der Waals surface area contributed by atoms with E-state index in [0.29, 0.717) is 0 Å². The highest BCUT2D eigenvalue weighted by Crippen LogP contribution is 2.38. The fourth-order valence-electron chi connectivity index (χ4n) is 3.10. The van der Waals surface area contributed by atoms with Crippen molar-refractivity contribution in [1.29, 1.82) is 0 Å². The predicted octanol–water partition coefficient (Wildman–Crippen LogP) is 4.20. The monoisotopic (exact) mass is 307 g/mol. The zero-order chi connectivity index (χ0) is 16.0. The first kappa shape index (κ1) is 14.1. The van der Waals surface area contributed by atoms with Gasteiger partial charge in [0.1, 0.15) is 11.5 Å². The molecule has 0 saturated heterocycles. The maximum atomic E-state index is 13.8. The molecule has 23 heavy (non-hydrogen) atoms. The van der Waals surface area contributed by atoms with Crippen LogP contribution >= 0.6 is 0 Å². The van der Waals surface area contributed by atoms with Gasteiger partial charge in [-0.3, -0.25) is 4.99 Å². The van der Waals surface area contributed by atoms with Crippen LogP contribution in [0.15, 0.2) is 58.5 Å². The van der Waals surface area contributed by atoms with Gasteiger partial charge in [-0.1, -0.05) is 44.2 Å². The van der Waals surface area contributed by atoms with E-state index < -0.39 is 0 Å². The summed E-state index contributed by atoms with van der Waals surface area (Å²) in [7, 11) is 0. The molecule has 0 N–H and O–H groups in total. The Morgan fingerprint density at radius 3 is 2.65 bits per heavy atom. The number of benzene rings is 2. The van der Waals surface area contributed by atoms with Gasteiger partial charge in [0.15, 0.2) is 5.84 Å². The third-order valence-corrected chi connectivity index (χ3v) is 4.22. The van der Waals surface area contributed by atoms with Gasteiger partial charge < -0.3 is 4.90 Å². The molecule has 0 saturated carbocycles. The second-order valence-corrected chi connectivity index (χ2v) is 6.85. The van der Waals surface area contributed by atoms with E-state index in [-0.39, 0.29) is 11.2 Å². The van der Waals surface area contributed by atoms with E-state index in [1.807, 2.05) is 30.3 Å². The molecule has 0 aromatic heterocycles. The summed E-state index contributed by atoms with van der Waals surface area (Å²) in [5.74, 6) is 0.596. The smallest absolute Gasteiger partial charge is 0.155 e. The number of rotatable bonds is 1. The predicted molar refractivity (Wildman–Crippen MR) is 92.5 cm³/mol. The number of hydrogen-bond donors (Lipinski definition) is 0. The minimum absolute atomic E-state index is 0.0478. The lowest BCUT2D eigenvalue weighted by molar-refractivity contribution is 0.382. The number of halogens is 1. The van der Waals surface area contributed by atoms with Crippen molar-refractivity contribution in [1.82, 2.24) is 0 Å². The van der Waals surface area contributed by atoms with Gasteiger partial charge in [-0.15, -0.1) is 0 Å². The van der Waals surface area contributed by atoms with Gasteiger partial charge in [0, 0.05) is 24.1 Å². The van der Waals surface area contributed by atoms with E-state index in [0.717, 1.165) is 41.6 Å². The number of amidine groups is 1. The third kappa shape index (κ3) is 2.44. The van der Waals surface area contributed by atoms with Crippen LogP contribution in [-0.2, 0) is 0 Å². The Balaban J connectivity index is 1.93. The number of aliphatic imine (C=N–C) groups is 2. The average Bonchev–Trinajstić information content (AvgIpc) is 2.54. The molecule has 0 radical (unpaired) electrons. The van der Waals surface area contributed by atoms with Crippen molar-refractivity contribution in [3.05, 3.63) is 59.9 Å². The largest absolute Gasteiger partial charge is 0.322 e. The topological polar surface area (TPSA) is 28.0 Å². The molecular weight excluding hydrogens is 289 g/mol. The zero-order valence-corrected chi connectivity index (χ0v) is 13.3. The molecule has 0 atom stereocenters. The first-order valence-corrected chi connectivity index (χ1v) is 7.80. The van der Waals surface area contributed by atoms with E-state index in [9.17, 15) is 4.39 Å². The van der Waals surface area contributed by atoms with Crippen molar-refractivity contribution >= 4 is 22.9 Å². The minimum Gasteiger partial charge on any atom is -0.322 e. The molecule has 2 aromatic carbocycles. The molecule has 2 aliphatic rings. The van der Waals surface area contributed by atoms with Crippen molar-refractivity contribution in [3.63, 3.8) is 0 Å². The van der Waals surface area contributed by atoms with Gasteiger partial charge in [-0.25, -0.2) is 9.38 Å². The maximum absolute atomic E-state index is 13.8. The normalized spacial score (nSPS) is 18.7. The molecule has 0 amide bonds. The van der Waals surface area contributed by atoms with Crippen LogP contribution in [0, 0.1) is 11.2 Å². The second kappa shape index (κ2) is 5.01. The highest BCUT2D eigenvalue weighted by Gasteiger charge is 2.35. The molecule has 4 heteroatoms. The molecule has 2 aliphatic heterocycles. The quantitative estimate of drug-likeness (QED) is 0.776. The van der Waals surface area contributed by atoms with Crippen LogP contribution < -0.4 is 4.90 Å². The van der Waals surface area contributed by atoms with Gasteiger partial charge >= 0.3 is 0 Å². The lowest BCUT2D eigenvalue weighted by Crippen LogP contribution is -2.49. The Labute approximate surface area is 135 Å². The zero-order valence-electron chi connectivity index (χ0n) is 13.3. The van der Waals surface area contributed by atoms with Crippen molar-refractivity contribution in [2.75, 3.05) is 18.0 Å². The van der Waals surface area contributed by atoms with Crippen LogP contribution in [0.25, 0.3) is 0 Å². The summed E-state index contributed by atoms with van der Waals surface area (Å²) < 4.78 is 13.8. The lowest BCUT2D eigenvalue weighted by atomic mass is 9.89. The SMILES string of the molecule is CC1(C)CN=C2C(c3ccccc3)=Nc3ccc(F)cc3N2C1. The van der Waals surface area contributed by atoms with Crippen LogP contribution in [-0.4, -0.2) is 24.6 Å². The van der Waals surface area contributed by atoms with Gasteiger partial charge in [0.25, 0.3) is 0 Å². The van der Waals surface area contributed by atoms with Crippen LogP contribution in [0.2, 0.25) is 0 Å². The summed E-state index contributed by atoms with van der Waals surface area (Å²) >= 11 is 0. The number of nitrogens with zero attached hydrogens (tertiary/aromatic N) is 3. The first-order chi connectivity index (χ1) is 11.0. The van der Waals surface area contributed by atoms with E-state index in [4.69, 9.17) is 9.98 Å². The van der Waals surface area contributed by atoms with Gasteiger partial charge in [-0.2, -0.15) is 0 Å². The molecule has 0 aliphatic carbocycles. The van der Waals surface area contributed by atoms with Crippen LogP contribution in [0.4, 0.5) is 15.8 Å². The summed E-state index contributed by atoms with van der Waals surface area (Å²) in [6, 6.07) is 14.8. The van der Waals surface area contributed by atoms with Gasteiger partial charge in [-0.05, 0) is 18.2 Å². The molecule has 0 bridgehead atoms. The number of hydrogen-bond acceptors (Lipinski definition) is 3. The first-order valence-electron chi connectivity index (χ1n) is 7.80. The Hall–Kier alpha value is -2.49. The Kier molecular flexibility index (Phi) is 3.08. The van der Waals surface area contributed by atoms with Gasteiger partial charge in [0.2, 0.25) is 0 Å². The molecule has 2 heterocycles. The summed E-state index contributed by atoms with van der Waals surface area (Å²) in [6.07, 6.45) is 0. The van der Waals surface area contributed by atoms with Crippen molar-refractivity contribution < 1.29 is 4.39 Å². The highest BCUT2D eigenvalue weighted by molar-refractivity contribution is 6.53. The molecule has 0 spiro atoms.